The Hall–Kier alpha value is -4.14. The molecular formula is C23H23NO8. The molecule has 0 aliphatic rings. The zero-order chi connectivity index (χ0) is 23.5. The van der Waals surface area contributed by atoms with Crippen molar-refractivity contribution in [3.63, 3.8) is 0 Å². The van der Waals surface area contributed by atoms with Crippen molar-refractivity contribution < 1.29 is 38.1 Å². The Balaban J connectivity index is 1.96. The summed E-state index contributed by atoms with van der Waals surface area (Å²) >= 11 is 0. The number of amides is 1. The van der Waals surface area contributed by atoms with Crippen molar-refractivity contribution in [3.05, 3.63) is 65.2 Å². The van der Waals surface area contributed by atoms with E-state index in [1.165, 1.54) is 38.5 Å². The number of carbonyl (C=O) groups is 4. The molecule has 1 amide bonds. The predicted molar refractivity (Wildman–Crippen MR) is 115 cm³/mol. The summed E-state index contributed by atoms with van der Waals surface area (Å²) in [5.41, 5.74) is 0.978. The molecule has 168 valence electrons. The summed E-state index contributed by atoms with van der Waals surface area (Å²) in [4.78, 5) is 47.6. The van der Waals surface area contributed by atoms with E-state index in [0.29, 0.717) is 6.61 Å². The molecule has 0 aliphatic heterocycles. The van der Waals surface area contributed by atoms with Gasteiger partial charge in [-0.2, -0.15) is 0 Å². The highest BCUT2D eigenvalue weighted by molar-refractivity contribution is 6.00. The van der Waals surface area contributed by atoms with Gasteiger partial charge in [0.15, 0.2) is 6.61 Å². The highest BCUT2D eigenvalue weighted by Crippen LogP contribution is 2.17. The summed E-state index contributed by atoms with van der Waals surface area (Å²) in [5, 5.41) is 2.46. The second kappa shape index (κ2) is 11.9. The lowest BCUT2D eigenvalue weighted by molar-refractivity contribution is -0.142. The van der Waals surface area contributed by atoms with E-state index in [1.807, 2.05) is 6.92 Å². The van der Waals surface area contributed by atoms with E-state index in [2.05, 4.69) is 14.8 Å². The molecule has 2 aromatic carbocycles. The molecule has 0 radical (unpaired) electrons. The predicted octanol–water partition coefficient (Wildman–Crippen LogP) is 2.85. The maximum absolute atomic E-state index is 12.1. The molecule has 0 spiro atoms. The van der Waals surface area contributed by atoms with Gasteiger partial charge in [0, 0.05) is 11.8 Å². The van der Waals surface area contributed by atoms with Gasteiger partial charge in [0.25, 0.3) is 5.91 Å². The zero-order valence-corrected chi connectivity index (χ0v) is 17.9. The average molecular weight is 441 g/mol. The largest absolute Gasteiger partial charge is 0.494 e. The second-order valence-electron chi connectivity index (χ2n) is 6.27. The fraction of sp³-hybridized carbons (Fsp3) is 0.217. The van der Waals surface area contributed by atoms with Crippen LogP contribution in [0.1, 0.15) is 33.2 Å². The topological polar surface area (TPSA) is 117 Å². The lowest BCUT2D eigenvalue weighted by Crippen LogP contribution is -2.20. The Morgan fingerprint density at radius 1 is 0.906 bits per heavy atom. The summed E-state index contributed by atoms with van der Waals surface area (Å²) in [6.45, 7) is 1.87. The van der Waals surface area contributed by atoms with E-state index >= 15 is 0 Å². The number of hydrogen-bond acceptors (Lipinski definition) is 8. The highest BCUT2D eigenvalue weighted by Gasteiger charge is 2.15. The SMILES string of the molecule is CCOc1ccc(/C=C/C(=O)OCC(=O)Nc2cc(C(=O)OC)cc(C(=O)OC)c2)cc1. The first kappa shape index (κ1) is 24.1. The molecule has 0 heterocycles. The summed E-state index contributed by atoms with van der Waals surface area (Å²) in [6.07, 6.45) is 2.73. The zero-order valence-electron chi connectivity index (χ0n) is 17.9. The van der Waals surface area contributed by atoms with Gasteiger partial charge in [-0.05, 0) is 48.9 Å². The number of methoxy groups -OCH3 is 2. The highest BCUT2D eigenvalue weighted by atomic mass is 16.5. The summed E-state index contributed by atoms with van der Waals surface area (Å²) in [5.74, 6) is -2.05. The lowest BCUT2D eigenvalue weighted by Gasteiger charge is -2.09. The van der Waals surface area contributed by atoms with Gasteiger partial charge in [-0.1, -0.05) is 12.1 Å². The van der Waals surface area contributed by atoms with Gasteiger partial charge >= 0.3 is 17.9 Å². The van der Waals surface area contributed by atoms with Crippen LogP contribution in [0.3, 0.4) is 0 Å². The Bertz CT molecular complexity index is 977. The standard InChI is InChI=1S/C23H23NO8/c1-4-31-19-8-5-15(6-9-19)7-10-21(26)32-14-20(25)24-18-12-16(22(27)29-2)11-17(13-18)23(28)30-3/h5-13H,4,14H2,1-3H3,(H,24,25)/b10-7+. The molecule has 0 saturated carbocycles. The number of benzene rings is 2. The van der Waals surface area contributed by atoms with Crippen LogP contribution < -0.4 is 10.1 Å². The molecule has 9 heteroatoms. The average Bonchev–Trinajstić information content (AvgIpc) is 2.81. The number of nitrogens with one attached hydrogen (secondary N) is 1. The van der Waals surface area contributed by atoms with Crippen LogP contribution in [0.2, 0.25) is 0 Å². The van der Waals surface area contributed by atoms with Gasteiger partial charge in [0.05, 0.1) is 32.0 Å². The van der Waals surface area contributed by atoms with E-state index in [1.54, 1.807) is 30.3 Å². The fourth-order valence-corrected chi connectivity index (χ4v) is 2.56. The first-order chi connectivity index (χ1) is 15.4. The lowest BCUT2D eigenvalue weighted by atomic mass is 10.1. The molecular weight excluding hydrogens is 418 g/mol. The van der Waals surface area contributed by atoms with E-state index < -0.39 is 30.4 Å². The number of anilines is 1. The normalized spacial score (nSPS) is 10.3. The van der Waals surface area contributed by atoms with Crippen LogP contribution in [-0.4, -0.2) is 51.2 Å². The summed E-state index contributed by atoms with van der Waals surface area (Å²) in [6, 6.07) is 11.0. The van der Waals surface area contributed by atoms with Crippen molar-refractivity contribution in [2.75, 3.05) is 32.8 Å². The van der Waals surface area contributed by atoms with Crippen molar-refractivity contribution in [3.8, 4) is 5.75 Å². The van der Waals surface area contributed by atoms with Gasteiger partial charge in [0.2, 0.25) is 0 Å². The molecule has 1 N–H and O–H groups in total. The Morgan fingerprint density at radius 2 is 1.50 bits per heavy atom. The molecule has 0 aromatic heterocycles. The molecule has 0 bridgehead atoms. The summed E-state index contributed by atoms with van der Waals surface area (Å²) in [7, 11) is 2.37. The quantitative estimate of drug-likeness (QED) is 0.359. The molecule has 9 nitrogen and oxygen atoms in total. The molecule has 0 aliphatic carbocycles. The van der Waals surface area contributed by atoms with E-state index in [4.69, 9.17) is 9.47 Å². The number of carbonyl (C=O) groups excluding carboxylic acids is 4. The van der Waals surface area contributed by atoms with Gasteiger partial charge < -0.3 is 24.3 Å². The van der Waals surface area contributed by atoms with E-state index in [-0.39, 0.29) is 16.8 Å². The van der Waals surface area contributed by atoms with Crippen molar-refractivity contribution in [2.24, 2.45) is 0 Å². The van der Waals surface area contributed by atoms with Crippen LogP contribution in [0.15, 0.2) is 48.5 Å². The van der Waals surface area contributed by atoms with Crippen LogP contribution >= 0.6 is 0 Å². The first-order valence-corrected chi connectivity index (χ1v) is 9.55. The van der Waals surface area contributed by atoms with Crippen LogP contribution in [0.5, 0.6) is 5.75 Å². The van der Waals surface area contributed by atoms with Crippen LogP contribution in [-0.2, 0) is 23.8 Å². The van der Waals surface area contributed by atoms with Crippen molar-refractivity contribution in [1.82, 2.24) is 0 Å². The van der Waals surface area contributed by atoms with Crippen LogP contribution in [0.4, 0.5) is 5.69 Å². The maximum Gasteiger partial charge on any atom is 0.337 e. The minimum Gasteiger partial charge on any atom is -0.494 e. The molecule has 0 unspecified atom stereocenters. The minimum atomic E-state index is -0.715. The van der Waals surface area contributed by atoms with E-state index in [9.17, 15) is 19.2 Å². The summed E-state index contributed by atoms with van der Waals surface area (Å²) < 4.78 is 19.5. The van der Waals surface area contributed by atoms with Crippen LogP contribution in [0, 0.1) is 0 Å². The Morgan fingerprint density at radius 3 is 2.03 bits per heavy atom. The fourth-order valence-electron chi connectivity index (χ4n) is 2.56. The molecule has 32 heavy (non-hydrogen) atoms. The van der Waals surface area contributed by atoms with Crippen molar-refractivity contribution in [1.29, 1.82) is 0 Å². The number of hydrogen-bond donors (Lipinski definition) is 1. The number of rotatable bonds is 9. The Labute approximate surface area is 184 Å². The number of esters is 3. The smallest absolute Gasteiger partial charge is 0.337 e. The van der Waals surface area contributed by atoms with Gasteiger partial charge in [0.1, 0.15) is 5.75 Å². The third kappa shape index (κ3) is 7.28. The third-order valence-corrected chi connectivity index (χ3v) is 4.01. The monoisotopic (exact) mass is 441 g/mol. The van der Waals surface area contributed by atoms with Gasteiger partial charge in [-0.3, -0.25) is 4.79 Å². The molecule has 0 atom stereocenters. The Kier molecular flexibility index (Phi) is 8.97. The van der Waals surface area contributed by atoms with E-state index in [0.717, 1.165) is 11.3 Å². The molecule has 0 fully saturated rings. The second-order valence-corrected chi connectivity index (χ2v) is 6.27. The maximum atomic E-state index is 12.1. The van der Waals surface area contributed by atoms with Gasteiger partial charge in [-0.15, -0.1) is 0 Å². The van der Waals surface area contributed by atoms with Crippen LogP contribution in [0.25, 0.3) is 6.08 Å². The molecule has 2 aromatic rings. The molecule has 2 rings (SSSR count). The first-order valence-electron chi connectivity index (χ1n) is 9.55. The third-order valence-electron chi connectivity index (χ3n) is 4.01. The minimum absolute atomic E-state index is 0.0426. The molecule has 0 saturated heterocycles. The number of ether oxygens (including phenoxy) is 4. The van der Waals surface area contributed by atoms with Crippen molar-refractivity contribution in [2.45, 2.75) is 6.92 Å². The van der Waals surface area contributed by atoms with Crippen molar-refractivity contribution >= 4 is 35.6 Å². The van der Waals surface area contributed by atoms with Gasteiger partial charge in [-0.25, -0.2) is 14.4 Å².